The lowest BCUT2D eigenvalue weighted by atomic mass is 10.1. The highest BCUT2D eigenvalue weighted by molar-refractivity contribution is 5.91. The van der Waals surface area contributed by atoms with Crippen molar-refractivity contribution in [1.82, 2.24) is 15.1 Å². The summed E-state index contributed by atoms with van der Waals surface area (Å²) in [6, 6.07) is 9.51. The van der Waals surface area contributed by atoms with Gasteiger partial charge in [-0.2, -0.15) is 5.10 Å². The maximum absolute atomic E-state index is 12.0. The van der Waals surface area contributed by atoms with Crippen molar-refractivity contribution in [2.24, 2.45) is 0 Å². The minimum atomic E-state index is -0.0428. The third-order valence-electron chi connectivity index (χ3n) is 3.70. The molecule has 6 heteroatoms. The number of anilines is 1. The largest absolute Gasteiger partial charge is 0.353 e. The molecule has 0 spiro atoms. The molecule has 22 heavy (non-hydrogen) atoms. The summed E-state index contributed by atoms with van der Waals surface area (Å²) < 4.78 is 1.74. The minimum absolute atomic E-state index is 0.0428. The zero-order chi connectivity index (χ0) is 15.4. The van der Waals surface area contributed by atoms with Gasteiger partial charge in [0.15, 0.2) is 0 Å². The van der Waals surface area contributed by atoms with Crippen LogP contribution in [0.1, 0.15) is 25.7 Å². The van der Waals surface area contributed by atoms with Crippen LogP contribution in [0.25, 0.3) is 5.69 Å². The number of carbonyl (C=O) groups is 2. The van der Waals surface area contributed by atoms with Gasteiger partial charge in [0.1, 0.15) is 0 Å². The SMILES string of the molecule is O=C(CC[C@@H]1CCC(=O)N1)Nc1cccc(-n2cccn2)c1. The summed E-state index contributed by atoms with van der Waals surface area (Å²) in [5.41, 5.74) is 1.64. The molecule has 3 rings (SSSR count). The third-order valence-corrected chi connectivity index (χ3v) is 3.70. The number of carbonyl (C=O) groups excluding carboxylic acids is 2. The average Bonchev–Trinajstić information content (AvgIpc) is 3.17. The summed E-state index contributed by atoms with van der Waals surface area (Å²) in [6.07, 6.45) is 6.03. The van der Waals surface area contributed by atoms with Gasteiger partial charge in [0.05, 0.1) is 5.69 Å². The van der Waals surface area contributed by atoms with E-state index in [9.17, 15) is 9.59 Å². The van der Waals surface area contributed by atoms with Crippen LogP contribution in [0, 0.1) is 0 Å². The summed E-state index contributed by atoms with van der Waals surface area (Å²) in [7, 11) is 0. The molecule has 0 saturated carbocycles. The molecule has 2 heterocycles. The molecule has 2 amide bonds. The fourth-order valence-corrected chi connectivity index (χ4v) is 2.57. The molecule has 2 N–H and O–H groups in total. The molecule has 114 valence electrons. The van der Waals surface area contributed by atoms with Crippen molar-refractivity contribution < 1.29 is 9.59 Å². The topological polar surface area (TPSA) is 76.0 Å². The van der Waals surface area contributed by atoms with E-state index in [-0.39, 0.29) is 17.9 Å². The van der Waals surface area contributed by atoms with Gasteiger partial charge >= 0.3 is 0 Å². The molecule has 1 fully saturated rings. The number of nitrogens with one attached hydrogen (secondary N) is 2. The van der Waals surface area contributed by atoms with Crippen LogP contribution in [0.15, 0.2) is 42.7 Å². The zero-order valence-corrected chi connectivity index (χ0v) is 12.2. The molecule has 1 aliphatic heterocycles. The molecule has 0 radical (unpaired) electrons. The highest BCUT2D eigenvalue weighted by Crippen LogP contribution is 2.16. The third kappa shape index (κ3) is 3.52. The number of hydrogen-bond donors (Lipinski definition) is 2. The van der Waals surface area contributed by atoms with E-state index in [4.69, 9.17) is 0 Å². The second-order valence-corrected chi connectivity index (χ2v) is 5.39. The number of nitrogens with zero attached hydrogens (tertiary/aromatic N) is 2. The van der Waals surface area contributed by atoms with Gasteiger partial charge < -0.3 is 10.6 Å². The predicted molar refractivity (Wildman–Crippen MR) is 82.6 cm³/mol. The first kappa shape index (κ1) is 14.3. The Labute approximate surface area is 128 Å². The van der Waals surface area contributed by atoms with Crippen LogP contribution in [-0.2, 0) is 9.59 Å². The predicted octanol–water partition coefficient (Wildman–Crippen LogP) is 1.87. The lowest BCUT2D eigenvalue weighted by molar-refractivity contribution is -0.120. The van der Waals surface area contributed by atoms with E-state index in [1.54, 1.807) is 10.9 Å². The molecule has 1 saturated heterocycles. The number of rotatable bonds is 5. The second-order valence-electron chi connectivity index (χ2n) is 5.39. The first-order valence-electron chi connectivity index (χ1n) is 7.40. The monoisotopic (exact) mass is 298 g/mol. The Bertz CT molecular complexity index is 667. The van der Waals surface area contributed by atoms with Crippen molar-refractivity contribution in [2.45, 2.75) is 31.7 Å². The fraction of sp³-hybridized carbons (Fsp3) is 0.312. The molecule has 1 aliphatic rings. The van der Waals surface area contributed by atoms with E-state index in [1.807, 2.05) is 36.5 Å². The summed E-state index contributed by atoms with van der Waals surface area (Å²) >= 11 is 0. The van der Waals surface area contributed by atoms with Crippen LogP contribution in [0.4, 0.5) is 5.69 Å². The summed E-state index contributed by atoms with van der Waals surface area (Å²) in [5.74, 6) is 0.0381. The molecule has 1 atom stereocenters. The van der Waals surface area contributed by atoms with E-state index in [2.05, 4.69) is 15.7 Å². The molecule has 1 aromatic heterocycles. The number of amides is 2. The van der Waals surface area contributed by atoms with Gasteiger partial charge in [0, 0.05) is 37.0 Å². The van der Waals surface area contributed by atoms with Crippen LogP contribution in [0.5, 0.6) is 0 Å². The zero-order valence-electron chi connectivity index (χ0n) is 12.2. The lowest BCUT2D eigenvalue weighted by Gasteiger charge is -2.10. The minimum Gasteiger partial charge on any atom is -0.353 e. The first-order valence-corrected chi connectivity index (χ1v) is 7.40. The van der Waals surface area contributed by atoms with Crippen molar-refractivity contribution in [2.75, 3.05) is 5.32 Å². The average molecular weight is 298 g/mol. The van der Waals surface area contributed by atoms with Crippen LogP contribution in [0.2, 0.25) is 0 Å². The first-order chi connectivity index (χ1) is 10.7. The van der Waals surface area contributed by atoms with Crippen molar-refractivity contribution in [3.8, 4) is 5.69 Å². The van der Waals surface area contributed by atoms with E-state index >= 15 is 0 Å². The number of hydrogen-bond acceptors (Lipinski definition) is 3. The van der Waals surface area contributed by atoms with E-state index in [0.717, 1.165) is 17.8 Å². The highest BCUT2D eigenvalue weighted by Gasteiger charge is 2.21. The summed E-state index contributed by atoms with van der Waals surface area (Å²) in [6.45, 7) is 0. The molecule has 2 aromatic rings. The fourth-order valence-electron chi connectivity index (χ4n) is 2.57. The summed E-state index contributed by atoms with van der Waals surface area (Å²) in [4.78, 5) is 23.1. The highest BCUT2D eigenvalue weighted by atomic mass is 16.2. The van der Waals surface area contributed by atoms with Gasteiger partial charge in [-0.05, 0) is 37.1 Å². The van der Waals surface area contributed by atoms with Crippen LogP contribution >= 0.6 is 0 Å². The van der Waals surface area contributed by atoms with Crippen molar-refractivity contribution in [3.63, 3.8) is 0 Å². The van der Waals surface area contributed by atoms with Crippen molar-refractivity contribution in [3.05, 3.63) is 42.7 Å². The van der Waals surface area contributed by atoms with Crippen LogP contribution in [-0.4, -0.2) is 27.6 Å². The Hall–Kier alpha value is -2.63. The maximum Gasteiger partial charge on any atom is 0.224 e. The van der Waals surface area contributed by atoms with Gasteiger partial charge in [0.2, 0.25) is 11.8 Å². The van der Waals surface area contributed by atoms with Crippen molar-refractivity contribution >= 4 is 17.5 Å². The lowest BCUT2D eigenvalue weighted by Crippen LogP contribution is -2.26. The number of aromatic nitrogens is 2. The van der Waals surface area contributed by atoms with Crippen molar-refractivity contribution in [1.29, 1.82) is 0 Å². The standard InChI is InChI=1S/C16H18N4O2/c21-15-7-5-12(18-15)6-8-16(22)19-13-3-1-4-14(11-13)20-10-2-9-17-20/h1-4,9-12H,5-8H2,(H,18,21)(H,19,22)/t12-/m0/s1. The smallest absolute Gasteiger partial charge is 0.224 e. The maximum atomic E-state index is 12.0. The molecule has 0 bridgehead atoms. The Balaban J connectivity index is 1.55. The quantitative estimate of drug-likeness (QED) is 0.884. The second kappa shape index (κ2) is 6.43. The van der Waals surface area contributed by atoms with Crippen LogP contribution < -0.4 is 10.6 Å². The van der Waals surface area contributed by atoms with Gasteiger partial charge in [-0.25, -0.2) is 4.68 Å². The molecule has 0 aliphatic carbocycles. The Morgan fingerprint density at radius 1 is 1.41 bits per heavy atom. The van der Waals surface area contributed by atoms with E-state index in [1.165, 1.54) is 0 Å². The van der Waals surface area contributed by atoms with E-state index < -0.39 is 0 Å². The van der Waals surface area contributed by atoms with Gasteiger partial charge in [-0.15, -0.1) is 0 Å². The Morgan fingerprint density at radius 2 is 2.32 bits per heavy atom. The summed E-state index contributed by atoms with van der Waals surface area (Å²) in [5, 5.41) is 9.92. The van der Waals surface area contributed by atoms with Gasteiger partial charge in [-0.1, -0.05) is 6.07 Å². The molecular weight excluding hydrogens is 280 g/mol. The normalized spacial score (nSPS) is 17.3. The molecular formula is C16H18N4O2. The Kier molecular flexibility index (Phi) is 4.18. The molecule has 1 aromatic carbocycles. The van der Waals surface area contributed by atoms with Gasteiger partial charge in [-0.3, -0.25) is 9.59 Å². The molecule has 6 nitrogen and oxygen atoms in total. The number of benzene rings is 1. The molecule has 0 unspecified atom stereocenters. The van der Waals surface area contributed by atoms with Gasteiger partial charge in [0.25, 0.3) is 0 Å². The van der Waals surface area contributed by atoms with E-state index in [0.29, 0.717) is 19.3 Å². The Morgan fingerprint density at radius 3 is 3.05 bits per heavy atom. The van der Waals surface area contributed by atoms with Crippen LogP contribution in [0.3, 0.4) is 0 Å².